The molecule has 18 heavy (non-hydrogen) atoms. The lowest BCUT2D eigenvalue weighted by atomic mass is 10.1. The van der Waals surface area contributed by atoms with Gasteiger partial charge in [-0.25, -0.2) is 0 Å². The van der Waals surface area contributed by atoms with Crippen LogP contribution in [0.3, 0.4) is 0 Å². The van der Waals surface area contributed by atoms with Crippen LogP contribution in [0.4, 0.5) is 0 Å². The van der Waals surface area contributed by atoms with Gasteiger partial charge in [0.2, 0.25) is 0 Å². The van der Waals surface area contributed by atoms with Crippen molar-refractivity contribution in [3.05, 3.63) is 35.4 Å². The number of thioether (sulfide) groups is 1. The Morgan fingerprint density at radius 2 is 2.00 bits per heavy atom. The summed E-state index contributed by atoms with van der Waals surface area (Å²) in [5.41, 5.74) is 2.60. The van der Waals surface area contributed by atoms with Gasteiger partial charge >= 0.3 is 0 Å². The highest BCUT2D eigenvalue weighted by Crippen LogP contribution is 2.24. The van der Waals surface area contributed by atoms with Crippen LogP contribution in [-0.2, 0) is 17.9 Å². The Balaban J connectivity index is 1.69. The minimum atomic E-state index is 0.701. The van der Waals surface area contributed by atoms with E-state index >= 15 is 0 Å². The fourth-order valence-electron chi connectivity index (χ4n) is 2.27. The van der Waals surface area contributed by atoms with Crippen LogP contribution in [0, 0.1) is 0 Å². The minimum absolute atomic E-state index is 0.701. The molecular formula is C15H23NOS. The topological polar surface area (TPSA) is 21.3 Å². The molecule has 2 nitrogen and oxygen atoms in total. The van der Waals surface area contributed by atoms with Crippen LogP contribution in [0.2, 0.25) is 0 Å². The van der Waals surface area contributed by atoms with Crippen LogP contribution in [-0.4, -0.2) is 24.7 Å². The van der Waals surface area contributed by atoms with E-state index in [1.807, 2.05) is 0 Å². The molecule has 2 rings (SSSR count). The summed E-state index contributed by atoms with van der Waals surface area (Å²) >= 11 is 2.13. The molecule has 1 aliphatic heterocycles. The van der Waals surface area contributed by atoms with E-state index in [1.165, 1.54) is 36.1 Å². The monoisotopic (exact) mass is 265 g/mol. The van der Waals surface area contributed by atoms with Crippen LogP contribution >= 0.6 is 11.8 Å². The van der Waals surface area contributed by atoms with Gasteiger partial charge in [0, 0.05) is 25.4 Å². The molecule has 0 aromatic heterocycles. The summed E-state index contributed by atoms with van der Waals surface area (Å²) < 4.78 is 5.11. The SMILES string of the molecule is COCc1ccc(CNCC2CCCCS2)cc1. The van der Waals surface area contributed by atoms with Gasteiger partial charge in [-0.3, -0.25) is 0 Å². The fourth-order valence-corrected chi connectivity index (χ4v) is 3.54. The number of benzene rings is 1. The molecule has 0 spiro atoms. The zero-order chi connectivity index (χ0) is 12.6. The van der Waals surface area contributed by atoms with Gasteiger partial charge in [-0.05, 0) is 29.7 Å². The molecule has 1 unspecified atom stereocenters. The second kappa shape index (κ2) is 7.82. The molecule has 1 aromatic carbocycles. The summed E-state index contributed by atoms with van der Waals surface area (Å²) in [6.45, 7) is 2.82. The number of nitrogens with one attached hydrogen (secondary N) is 1. The van der Waals surface area contributed by atoms with E-state index in [1.54, 1.807) is 7.11 Å². The first-order chi connectivity index (χ1) is 8.88. The van der Waals surface area contributed by atoms with Crippen LogP contribution in [0.15, 0.2) is 24.3 Å². The Morgan fingerprint density at radius 1 is 1.22 bits per heavy atom. The average molecular weight is 265 g/mol. The molecule has 0 radical (unpaired) electrons. The van der Waals surface area contributed by atoms with E-state index in [0.29, 0.717) is 6.61 Å². The molecule has 1 atom stereocenters. The number of hydrogen-bond donors (Lipinski definition) is 1. The predicted octanol–water partition coefficient (Wildman–Crippen LogP) is 3.21. The molecule has 1 aliphatic rings. The molecule has 1 heterocycles. The summed E-state index contributed by atoms with van der Waals surface area (Å²) in [6, 6.07) is 8.68. The Hall–Kier alpha value is -0.510. The molecule has 3 heteroatoms. The number of ether oxygens (including phenoxy) is 1. The zero-order valence-electron chi connectivity index (χ0n) is 11.2. The normalized spacial score (nSPS) is 19.9. The van der Waals surface area contributed by atoms with E-state index in [2.05, 4.69) is 41.3 Å². The van der Waals surface area contributed by atoms with Crippen LogP contribution < -0.4 is 5.32 Å². The van der Waals surface area contributed by atoms with Crippen molar-refractivity contribution in [3.8, 4) is 0 Å². The van der Waals surface area contributed by atoms with Gasteiger partial charge in [0.25, 0.3) is 0 Å². The van der Waals surface area contributed by atoms with Gasteiger partial charge in [0.15, 0.2) is 0 Å². The van der Waals surface area contributed by atoms with Gasteiger partial charge in [-0.15, -0.1) is 0 Å². The fraction of sp³-hybridized carbons (Fsp3) is 0.600. The van der Waals surface area contributed by atoms with Crippen LogP contribution in [0.5, 0.6) is 0 Å². The first-order valence-electron chi connectivity index (χ1n) is 6.77. The van der Waals surface area contributed by atoms with E-state index < -0.39 is 0 Å². The van der Waals surface area contributed by atoms with Gasteiger partial charge in [0.1, 0.15) is 0 Å². The quantitative estimate of drug-likeness (QED) is 0.853. The highest BCUT2D eigenvalue weighted by molar-refractivity contribution is 7.99. The minimum Gasteiger partial charge on any atom is -0.380 e. The first-order valence-corrected chi connectivity index (χ1v) is 7.82. The maximum Gasteiger partial charge on any atom is 0.0713 e. The second-order valence-electron chi connectivity index (χ2n) is 4.87. The largest absolute Gasteiger partial charge is 0.380 e. The van der Waals surface area contributed by atoms with Crippen molar-refractivity contribution in [1.29, 1.82) is 0 Å². The summed E-state index contributed by atoms with van der Waals surface area (Å²) in [6.07, 6.45) is 4.19. The number of methoxy groups -OCH3 is 1. The predicted molar refractivity (Wildman–Crippen MR) is 79.0 cm³/mol. The third kappa shape index (κ3) is 4.63. The van der Waals surface area contributed by atoms with E-state index in [-0.39, 0.29) is 0 Å². The molecule has 100 valence electrons. The lowest BCUT2D eigenvalue weighted by molar-refractivity contribution is 0.185. The summed E-state index contributed by atoms with van der Waals surface area (Å²) in [5.74, 6) is 1.35. The summed E-state index contributed by atoms with van der Waals surface area (Å²) in [7, 11) is 1.73. The van der Waals surface area contributed by atoms with Crippen LogP contribution in [0.25, 0.3) is 0 Å². The van der Waals surface area contributed by atoms with Crippen molar-refractivity contribution in [2.75, 3.05) is 19.4 Å². The van der Waals surface area contributed by atoms with Crippen molar-refractivity contribution >= 4 is 11.8 Å². The van der Waals surface area contributed by atoms with E-state index in [4.69, 9.17) is 4.74 Å². The van der Waals surface area contributed by atoms with Gasteiger partial charge in [-0.1, -0.05) is 30.7 Å². The molecule has 0 bridgehead atoms. The Morgan fingerprint density at radius 3 is 2.67 bits per heavy atom. The van der Waals surface area contributed by atoms with Gasteiger partial charge in [0.05, 0.1) is 6.61 Å². The van der Waals surface area contributed by atoms with Crippen molar-refractivity contribution < 1.29 is 4.74 Å². The maximum atomic E-state index is 5.11. The van der Waals surface area contributed by atoms with Crippen molar-refractivity contribution in [1.82, 2.24) is 5.32 Å². The van der Waals surface area contributed by atoms with Gasteiger partial charge in [-0.2, -0.15) is 11.8 Å². The zero-order valence-corrected chi connectivity index (χ0v) is 12.0. The standard InChI is InChI=1S/C15H23NOS/c1-17-12-14-7-5-13(6-8-14)10-16-11-15-4-2-3-9-18-15/h5-8,15-16H,2-4,9-12H2,1H3. The van der Waals surface area contributed by atoms with E-state index in [9.17, 15) is 0 Å². The first kappa shape index (κ1) is 13.9. The molecule has 1 aromatic rings. The molecule has 0 saturated carbocycles. The lowest BCUT2D eigenvalue weighted by Crippen LogP contribution is -2.26. The van der Waals surface area contributed by atoms with Crippen molar-refractivity contribution in [3.63, 3.8) is 0 Å². The van der Waals surface area contributed by atoms with Crippen LogP contribution in [0.1, 0.15) is 30.4 Å². The molecule has 1 saturated heterocycles. The highest BCUT2D eigenvalue weighted by Gasteiger charge is 2.12. The third-order valence-electron chi connectivity index (χ3n) is 3.31. The molecule has 1 N–H and O–H groups in total. The molecule has 1 fully saturated rings. The Bertz CT molecular complexity index is 333. The smallest absolute Gasteiger partial charge is 0.0713 e. The molecular weight excluding hydrogens is 242 g/mol. The van der Waals surface area contributed by atoms with Crippen molar-refractivity contribution in [2.45, 2.75) is 37.7 Å². The summed E-state index contributed by atoms with van der Waals surface area (Å²) in [4.78, 5) is 0. The lowest BCUT2D eigenvalue weighted by Gasteiger charge is -2.21. The second-order valence-corrected chi connectivity index (χ2v) is 6.28. The molecule has 0 amide bonds. The van der Waals surface area contributed by atoms with E-state index in [0.717, 1.165) is 18.3 Å². The number of rotatable bonds is 6. The number of hydrogen-bond acceptors (Lipinski definition) is 3. The third-order valence-corrected chi connectivity index (χ3v) is 4.71. The van der Waals surface area contributed by atoms with Crippen molar-refractivity contribution in [2.24, 2.45) is 0 Å². The maximum absolute atomic E-state index is 5.11. The average Bonchev–Trinajstić information content (AvgIpc) is 2.42. The Kier molecular flexibility index (Phi) is 6.05. The summed E-state index contributed by atoms with van der Waals surface area (Å²) in [5, 5.41) is 4.40. The highest BCUT2D eigenvalue weighted by atomic mass is 32.2. The van der Waals surface area contributed by atoms with Gasteiger partial charge < -0.3 is 10.1 Å². The molecule has 0 aliphatic carbocycles. The Labute approximate surface area is 114 Å².